The van der Waals surface area contributed by atoms with E-state index in [1.807, 2.05) is 35.2 Å². The molecule has 3 aromatic rings. The molecule has 7 nitrogen and oxygen atoms in total. The highest BCUT2D eigenvalue weighted by Crippen LogP contribution is 2.19. The standard InChI is InChI=1S/C25H24ClN5O2/c26-19-9-13-21(14-10-19)29-25(33)30-22(17-5-2-1-3-6-17)24(32)28-20-11-7-18(8-12-20)23(27)31-15-4-16-31/h1-3,5-14,22,27H,4,15-16H2,(H,28,32)(H2,29,30,33). The van der Waals surface area contributed by atoms with E-state index in [-0.39, 0.29) is 5.91 Å². The SMILES string of the molecule is N=C(c1ccc(NC(=O)C(NC(=O)Nc2ccc(Cl)cc2)c2ccccc2)cc1)N1CCC1. The Labute approximate surface area is 197 Å². The maximum absolute atomic E-state index is 13.1. The number of halogens is 1. The van der Waals surface area contributed by atoms with Gasteiger partial charge in [0.2, 0.25) is 0 Å². The van der Waals surface area contributed by atoms with Crippen LogP contribution in [-0.4, -0.2) is 35.8 Å². The summed E-state index contributed by atoms with van der Waals surface area (Å²) in [6, 6.07) is 21.5. The van der Waals surface area contributed by atoms with E-state index in [0.29, 0.717) is 27.8 Å². The van der Waals surface area contributed by atoms with Crippen molar-refractivity contribution >= 4 is 40.7 Å². The zero-order valence-corrected chi connectivity index (χ0v) is 18.6. The molecular weight excluding hydrogens is 438 g/mol. The predicted molar refractivity (Wildman–Crippen MR) is 131 cm³/mol. The van der Waals surface area contributed by atoms with Crippen LogP contribution in [-0.2, 0) is 4.79 Å². The number of likely N-dealkylation sites (tertiary alicyclic amines) is 1. The van der Waals surface area contributed by atoms with Crippen LogP contribution >= 0.6 is 11.6 Å². The summed E-state index contributed by atoms with van der Waals surface area (Å²) in [5.41, 5.74) is 2.59. The van der Waals surface area contributed by atoms with Crippen molar-refractivity contribution in [3.8, 4) is 0 Å². The van der Waals surface area contributed by atoms with E-state index >= 15 is 0 Å². The van der Waals surface area contributed by atoms with Gasteiger partial charge in [0.1, 0.15) is 11.9 Å². The van der Waals surface area contributed by atoms with Gasteiger partial charge in [-0.15, -0.1) is 0 Å². The smallest absolute Gasteiger partial charge is 0.320 e. The summed E-state index contributed by atoms with van der Waals surface area (Å²) < 4.78 is 0. The first kappa shape index (κ1) is 22.4. The van der Waals surface area contributed by atoms with Gasteiger partial charge in [-0.25, -0.2) is 4.79 Å². The number of amidine groups is 1. The van der Waals surface area contributed by atoms with Crippen molar-refractivity contribution in [2.24, 2.45) is 0 Å². The van der Waals surface area contributed by atoms with Gasteiger partial charge in [0.25, 0.3) is 5.91 Å². The van der Waals surface area contributed by atoms with Crippen molar-refractivity contribution < 1.29 is 9.59 Å². The van der Waals surface area contributed by atoms with E-state index in [1.54, 1.807) is 48.5 Å². The number of hydrogen-bond acceptors (Lipinski definition) is 3. The van der Waals surface area contributed by atoms with Crippen molar-refractivity contribution in [2.45, 2.75) is 12.5 Å². The number of carbonyl (C=O) groups is 2. The molecule has 8 heteroatoms. The molecule has 4 N–H and O–H groups in total. The highest BCUT2D eigenvalue weighted by atomic mass is 35.5. The van der Waals surface area contributed by atoms with Crippen molar-refractivity contribution in [1.82, 2.24) is 10.2 Å². The summed E-state index contributed by atoms with van der Waals surface area (Å²) in [5.74, 6) is 0.111. The Hall–Kier alpha value is -3.84. The molecule has 0 aromatic heterocycles. The van der Waals surface area contributed by atoms with Crippen LogP contribution in [0.25, 0.3) is 0 Å². The molecule has 1 atom stereocenters. The molecular formula is C25H24ClN5O2. The lowest BCUT2D eigenvalue weighted by atomic mass is 10.1. The van der Waals surface area contributed by atoms with Crippen molar-refractivity contribution in [2.75, 3.05) is 23.7 Å². The number of hydrogen-bond donors (Lipinski definition) is 4. The second-order valence-corrected chi connectivity index (χ2v) is 8.14. The third kappa shape index (κ3) is 5.70. The van der Waals surface area contributed by atoms with Gasteiger partial charge in [-0.3, -0.25) is 10.2 Å². The first-order valence-electron chi connectivity index (χ1n) is 10.6. The van der Waals surface area contributed by atoms with E-state index in [0.717, 1.165) is 25.1 Å². The van der Waals surface area contributed by atoms with Crippen molar-refractivity contribution in [3.63, 3.8) is 0 Å². The Kier molecular flexibility index (Phi) is 6.90. The van der Waals surface area contributed by atoms with Gasteiger partial charge in [-0.05, 0) is 60.5 Å². The third-order valence-electron chi connectivity index (χ3n) is 5.37. The molecule has 0 spiro atoms. The molecule has 1 aliphatic heterocycles. The predicted octanol–water partition coefficient (Wildman–Crippen LogP) is 4.87. The number of amides is 3. The Morgan fingerprint density at radius 3 is 2.06 bits per heavy atom. The second-order valence-electron chi connectivity index (χ2n) is 7.70. The summed E-state index contributed by atoms with van der Waals surface area (Å²) in [7, 11) is 0. The first-order valence-corrected chi connectivity index (χ1v) is 11.0. The van der Waals surface area contributed by atoms with Gasteiger partial charge >= 0.3 is 6.03 Å². The quantitative estimate of drug-likeness (QED) is 0.311. The number of benzene rings is 3. The summed E-state index contributed by atoms with van der Waals surface area (Å²) in [6.07, 6.45) is 1.11. The largest absolute Gasteiger partial charge is 0.356 e. The molecule has 3 aromatic carbocycles. The fourth-order valence-electron chi connectivity index (χ4n) is 3.43. The minimum absolute atomic E-state index is 0.377. The second kappa shape index (κ2) is 10.2. The molecule has 0 aliphatic carbocycles. The molecule has 1 unspecified atom stereocenters. The lowest BCUT2D eigenvalue weighted by Crippen LogP contribution is -2.42. The maximum atomic E-state index is 13.1. The van der Waals surface area contributed by atoms with Crippen LogP contribution in [0.3, 0.4) is 0 Å². The van der Waals surface area contributed by atoms with Crippen molar-refractivity contribution in [3.05, 3.63) is 95.0 Å². The topological polar surface area (TPSA) is 97.3 Å². The van der Waals surface area contributed by atoms with Gasteiger partial charge in [-0.1, -0.05) is 41.9 Å². The van der Waals surface area contributed by atoms with E-state index < -0.39 is 12.1 Å². The number of nitrogens with one attached hydrogen (secondary N) is 4. The van der Waals surface area contributed by atoms with Crippen LogP contribution < -0.4 is 16.0 Å². The van der Waals surface area contributed by atoms with Crippen LogP contribution in [0.4, 0.5) is 16.2 Å². The first-order chi connectivity index (χ1) is 16.0. The summed E-state index contributed by atoms with van der Waals surface area (Å²) in [6.45, 7) is 1.81. The average Bonchev–Trinajstić information content (AvgIpc) is 2.79. The molecule has 4 rings (SSSR count). The van der Waals surface area contributed by atoms with E-state index in [1.165, 1.54) is 0 Å². The van der Waals surface area contributed by atoms with Gasteiger partial charge in [0.15, 0.2) is 0 Å². The minimum atomic E-state index is -0.905. The molecule has 0 bridgehead atoms. The number of nitrogens with zero attached hydrogens (tertiary/aromatic N) is 1. The van der Waals surface area contributed by atoms with Gasteiger partial charge in [-0.2, -0.15) is 0 Å². The van der Waals surface area contributed by atoms with Crippen LogP contribution in [0.15, 0.2) is 78.9 Å². The summed E-state index contributed by atoms with van der Waals surface area (Å²) >= 11 is 5.89. The van der Waals surface area contributed by atoms with E-state index in [4.69, 9.17) is 17.0 Å². The lowest BCUT2D eigenvalue weighted by molar-refractivity contribution is -0.118. The Bertz CT molecular complexity index is 1130. The minimum Gasteiger partial charge on any atom is -0.356 e. The van der Waals surface area contributed by atoms with Gasteiger partial charge < -0.3 is 20.9 Å². The third-order valence-corrected chi connectivity index (χ3v) is 5.62. The normalized spacial score (nSPS) is 13.4. The van der Waals surface area contributed by atoms with Crippen LogP contribution in [0, 0.1) is 5.41 Å². The number of rotatable bonds is 6. The Morgan fingerprint density at radius 2 is 1.45 bits per heavy atom. The summed E-state index contributed by atoms with van der Waals surface area (Å²) in [5, 5.41) is 17.1. The number of anilines is 2. The highest BCUT2D eigenvalue weighted by Gasteiger charge is 2.23. The molecule has 3 amide bonds. The number of urea groups is 1. The number of carbonyl (C=O) groups excluding carboxylic acids is 2. The van der Waals surface area contributed by atoms with Crippen LogP contribution in [0.2, 0.25) is 5.02 Å². The Morgan fingerprint density at radius 1 is 0.848 bits per heavy atom. The fraction of sp³-hybridized carbons (Fsp3) is 0.160. The maximum Gasteiger partial charge on any atom is 0.320 e. The van der Waals surface area contributed by atoms with Crippen molar-refractivity contribution in [1.29, 1.82) is 5.41 Å². The van der Waals surface area contributed by atoms with Crippen LogP contribution in [0.1, 0.15) is 23.6 Å². The average molecular weight is 462 g/mol. The van der Waals surface area contributed by atoms with E-state index in [2.05, 4.69) is 16.0 Å². The lowest BCUT2D eigenvalue weighted by Gasteiger charge is -2.33. The highest BCUT2D eigenvalue weighted by molar-refractivity contribution is 6.30. The zero-order chi connectivity index (χ0) is 23.2. The van der Waals surface area contributed by atoms with E-state index in [9.17, 15) is 9.59 Å². The molecule has 33 heavy (non-hydrogen) atoms. The fourth-order valence-corrected chi connectivity index (χ4v) is 3.55. The van der Waals surface area contributed by atoms with Gasteiger partial charge in [0, 0.05) is 35.1 Å². The monoisotopic (exact) mass is 461 g/mol. The zero-order valence-electron chi connectivity index (χ0n) is 17.8. The summed E-state index contributed by atoms with van der Waals surface area (Å²) in [4.78, 5) is 27.7. The molecule has 0 saturated carbocycles. The molecule has 1 saturated heterocycles. The Balaban J connectivity index is 1.45. The van der Waals surface area contributed by atoms with Crippen LogP contribution in [0.5, 0.6) is 0 Å². The molecule has 0 radical (unpaired) electrons. The molecule has 1 aliphatic rings. The van der Waals surface area contributed by atoms with Gasteiger partial charge in [0.05, 0.1) is 0 Å². The molecule has 1 fully saturated rings. The molecule has 1 heterocycles. The molecule has 168 valence electrons.